The molecule has 1 aliphatic rings. The Morgan fingerprint density at radius 2 is 1.91 bits per heavy atom. The Morgan fingerprint density at radius 3 is 2.66 bits per heavy atom. The number of benzene rings is 1. The fourth-order valence-electron chi connectivity index (χ4n) is 3.44. The van der Waals surface area contributed by atoms with Crippen LogP contribution in [0.2, 0.25) is 0 Å². The summed E-state index contributed by atoms with van der Waals surface area (Å²) in [4.78, 5) is 7.19. The van der Waals surface area contributed by atoms with Gasteiger partial charge in [-0.25, -0.2) is 4.99 Å². The SMILES string of the molecule is CCCCOCCOCCNC(=NCc1cccc(CN2CCOC(C)C2)c1)NCC.I. The van der Waals surface area contributed by atoms with Gasteiger partial charge in [0.05, 0.1) is 39.1 Å². The maximum absolute atomic E-state index is 5.64. The number of guanidine groups is 1. The molecule has 0 amide bonds. The van der Waals surface area contributed by atoms with Crippen molar-refractivity contribution in [3.05, 3.63) is 35.4 Å². The molecular weight excluding hydrogens is 519 g/mol. The van der Waals surface area contributed by atoms with Crippen LogP contribution in [0.3, 0.4) is 0 Å². The van der Waals surface area contributed by atoms with E-state index in [-0.39, 0.29) is 24.0 Å². The first kappa shape index (κ1) is 29.1. The van der Waals surface area contributed by atoms with E-state index in [4.69, 9.17) is 19.2 Å². The Balaban J connectivity index is 0.00000512. The summed E-state index contributed by atoms with van der Waals surface area (Å²) in [5, 5.41) is 6.64. The molecule has 0 aliphatic carbocycles. The van der Waals surface area contributed by atoms with Crippen LogP contribution < -0.4 is 10.6 Å². The van der Waals surface area contributed by atoms with Gasteiger partial charge in [-0.1, -0.05) is 37.6 Å². The van der Waals surface area contributed by atoms with E-state index in [1.54, 1.807) is 0 Å². The van der Waals surface area contributed by atoms with E-state index in [1.165, 1.54) is 11.1 Å². The Hall–Kier alpha value is -0.940. The van der Waals surface area contributed by atoms with Gasteiger partial charge in [0, 0.05) is 39.3 Å². The molecule has 2 rings (SSSR count). The third-order valence-corrected chi connectivity index (χ3v) is 5.04. The minimum atomic E-state index is 0. The van der Waals surface area contributed by atoms with Crippen LogP contribution in [-0.4, -0.2) is 76.2 Å². The van der Waals surface area contributed by atoms with E-state index in [1.807, 2.05) is 0 Å². The second-order valence-corrected chi connectivity index (χ2v) is 7.94. The Bertz CT molecular complexity index is 633. The zero-order valence-electron chi connectivity index (χ0n) is 20.1. The van der Waals surface area contributed by atoms with E-state index < -0.39 is 0 Å². The molecule has 0 bridgehead atoms. The zero-order valence-corrected chi connectivity index (χ0v) is 22.4. The van der Waals surface area contributed by atoms with Crippen LogP contribution >= 0.6 is 24.0 Å². The predicted molar refractivity (Wildman–Crippen MR) is 142 cm³/mol. The fourth-order valence-corrected chi connectivity index (χ4v) is 3.44. The number of rotatable bonds is 14. The van der Waals surface area contributed by atoms with Crippen molar-refractivity contribution in [3.8, 4) is 0 Å². The number of unbranched alkanes of at least 4 members (excludes halogenated alkanes) is 1. The number of halogens is 1. The molecule has 1 aromatic carbocycles. The van der Waals surface area contributed by atoms with Crippen molar-refractivity contribution < 1.29 is 14.2 Å². The Kier molecular flexibility index (Phi) is 16.8. The number of nitrogens with one attached hydrogen (secondary N) is 2. The van der Waals surface area contributed by atoms with Crippen molar-refractivity contribution >= 4 is 29.9 Å². The molecule has 1 heterocycles. The lowest BCUT2D eigenvalue weighted by Gasteiger charge is -2.31. The van der Waals surface area contributed by atoms with Gasteiger partial charge in [-0.05, 0) is 31.4 Å². The highest BCUT2D eigenvalue weighted by Gasteiger charge is 2.16. The molecule has 0 spiro atoms. The van der Waals surface area contributed by atoms with E-state index in [0.29, 0.717) is 32.5 Å². The van der Waals surface area contributed by atoms with E-state index >= 15 is 0 Å². The number of aliphatic imine (C=N–C) groups is 1. The highest BCUT2D eigenvalue weighted by atomic mass is 127. The molecule has 1 aliphatic heterocycles. The normalized spacial score (nSPS) is 17.1. The van der Waals surface area contributed by atoms with Gasteiger partial charge in [-0.2, -0.15) is 0 Å². The fraction of sp³-hybridized carbons (Fsp3) is 0.708. The summed E-state index contributed by atoms with van der Waals surface area (Å²) in [7, 11) is 0. The Morgan fingerprint density at radius 1 is 1.12 bits per heavy atom. The minimum Gasteiger partial charge on any atom is -0.379 e. The second kappa shape index (κ2) is 18.5. The van der Waals surface area contributed by atoms with E-state index in [0.717, 1.165) is 64.7 Å². The summed E-state index contributed by atoms with van der Waals surface area (Å²) in [6, 6.07) is 8.72. The number of ether oxygens (including phenoxy) is 3. The molecule has 1 unspecified atom stereocenters. The first-order valence-corrected chi connectivity index (χ1v) is 11.8. The van der Waals surface area contributed by atoms with E-state index in [9.17, 15) is 0 Å². The molecule has 8 heteroatoms. The van der Waals surface area contributed by atoms with Gasteiger partial charge in [0.1, 0.15) is 0 Å². The molecule has 7 nitrogen and oxygen atoms in total. The first-order valence-electron chi connectivity index (χ1n) is 11.8. The summed E-state index contributed by atoms with van der Waals surface area (Å²) in [5.74, 6) is 0.817. The van der Waals surface area contributed by atoms with Gasteiger partial charge in [0.25, 0.3) is 0 Å². The quantitative estimate of drug-likeness (QED) is 0.157. The first-order chi connectivity index (χ1) is 15.2. The van der Waals surface area contributed by atoms with Gasteiger partial charge in [-0.15, -0.1) is 24.0 Å². The largest absolute Gasteiger partial charge is 0.379 e. The molecule has 32 heavy (non-hydrogen) atoms. The average molecular weight is 563 g/mol. The van der Waals surface area contributed by atoms with Gasteiger partial charge in [-0.3, -0.25) is 4.90 Å². The number of nitrogens with zero attached hydrogens (tertiary/aromatic N) is 2. The van der Waals surface area contributed by atoms with Crippen LogP contribution in [0.15, 0.2) is 29.3 Å². The Labute approximate surface area is 211 Å². The van der Waals surface area contributed by atoms with Crippen LogP contribution in [0.25, 0.3) is 0 Å². The monoisotopic (exact) mass is 562 g/mol. The van der Waals surface area contributed by atoms with Crippen molar-refractivity contribution in [1.29, 1.82) is 0 Å². The summed E-state index contributed by atoms with van der Waals surface area (Å²) < 4.78 is 16.8. The predicted octanol–water partition coefficient (Wildman–Crippen LogP) is 3.41. The summed E-state index contributed by atoms with van der Waals surface area (Å²) in [5.41, 5.74) is 2.55. The topological polar surface area (TPSA) is 67.4 Å². The van der Waals surface area contributed by atoms with Crippen molar-refractivity contribution in [3.63, 3.8) is 0 Å². The molecule has 0 aromatic heterocycles. The standard InChI is InChI=1S/C24H42N4O3.HI/c1-4-6-12-29-15-16-30-13-10-26-24(25-5-2)27-18-22-8-7-9-23(17-22)20-28-11-14-31-21(3)19-28;/h7-9,17,21H,4-6,10-16,18-20H2,1-3H3,(H2,25,26,27);1H. The highest BCUT2D eigenvalue weighted by molar-refractivity contribution is 14.0. The lowest BCUT2D eigenvalue weighted by molar-refractivity contribution is -0.0212. The summed E-state index contributed by atoms with van der Waals surface area (Å²) >= 11 is 0. The second-order valence-electron chi connectivity index (χ2n) is 7.94. The molecular formula is C24H43IN4O3. The average Bonchev–Trinajstić information content (AvgIpc) is 2.76. The van der Waals surface area contributed by atoms with E-state index in [2.05, 4.69) is 60.6 Å². The molecule has 1 atom stereocenters. The maximum Gasteiger partial charge on any atom is 0.191 e. The number of hydrogen-bond acceptors (Lipinski definition) is 5. The summed E-state index contributed by atoms with van der Waals surface area (Å²) in [6.07, 6.45) is 2.58. The number of hydrogen-bond donors (Lipinski definition) is 2. The van der Waals surface area contributed by atoms with Gasteiger partial charge < -0.3 is 24.8 Å². The summed E-state index contributed by atoms with van der Waals surface area (Å²) in [6.45, 7) is 15.1. The maximum atomic E-state index is 5.64. The van der Waals surface area contributed by atoms with Crippen LogP contribution in [0.1, 0.15) is 44.7 Å². The van der Waals surface area contributed by atoms with Gasteiger partial charge in [0.15, 0.2) is 5.96 Å². The lowest BCUT2D eigenvalue weighted by atomic mass is 10.1. The van der Waals surface area contributed by atoms with Crippen LogP contribution in [-0.2, 0) is 27.3 Å². The molecule has 1 fully saturated rings. The van der Waals surface area contributed by atoms with Crippen molar-refractivity contribution in [2.45, 2.75) is 52.8 Å². The van der Waals surface area contributed by atoms with Gasteiger partial charge >= 0.3 is 0 Å². The number of morpholine rings is 1. The van der Waals surface area contributed by atoms with Crippen molar-refractivity contribution in [2.75, 3.05) is 59.2 Å². The molecule has 0 radical (unpaired) electrons. The molecule has 184 valence electrons. The minimum absolute atomic E-state index is 0. The van der Waals surface area contributed by atoms with Crippen molar-refractivity contribution in [2.24, 2.45) is 4.99 Å². The highest BCUT2D eigenvalue weighted by Crippen LogP contribution is 2.12. The van der Waals surface area contributed by atoms with Crippen molar-refractivity contribution in [1.82, 2.24) is 15.5 Å². The van der Waals surface area contributed by atoms with Gasteiger partial charge in [0.2, 0.25) is 0 Å². The lowest BCUT2D eigenvalue weighted by Crippen LogP contribution is -2.40. The van der Waals surface area contributed by atoms with Crippen LogP contribution in [0.4, 0.5) is 0 Å². The zero-order chi connectivity index (χ0) is 22.2. The molecule has 1 saturated heterocycles. The molecule has 1 aromatic rings. The smallest absolute Gasteiger partial charge is 0.191 e. The third kappa shape index (κ3) is 12.9. The van der Waals surface area contributed by atoms with Crippen LogP contribution in [0, 0.1) is 0 Å². The molecule has 2 N–H and O–H groups in total. The molecule has 0 saturated carbocycles. The van der Waals surface area contributed by atoms with Crippen LogP contribution in [0.5, 0.6) is 0 Å². The third-order valence-electron chi connectivity index (χ3n) is 5.04.